The van der Waals surface area contributed by atoms with Gasteiger partial charge in [0.1, 0.15) is 10.9 Å². The number of nitriles is 1. The van der Waals surface area contributed by atoms with E-state index in [1.54, 1.807) is 6.20 Å². The second-order valence-electron chi connectivity index (χ2n) is 4.20. The zero-order valence-corrected chi connectivity index (χ0v) is 11.3. The molecule has 3 nitrogen and oxygen atoms in total. The van der Waals surface area contributed by atoms with E-state index in [1.165, 1.54) is 16.9 Å². The summed E-state index contributed by atoms with van der Waals surface area (Å²) in [6.07, 6.45) is 2.73. The van der Waals surface area contributed by atoms with Crippen molar-refractivity contribution in [1.82, 2.24) is 4.98 Å². The second kappa shape index (κ2) is 5.65. The van der Waals surface area contributed by atoms with Crippen molar-refractivity contribution in [1.29, 1.82) is 5.26 Å². The molecule has 2 aromatic rings. The fourth-order valence-electron chi connectivity index (χ4n) is 1.64. The molecule has 92 valence electrons. The van der Waals surface area contributed by atoms with Crippen LogP contribution in [0.5, 0.6) is 0 Å². The predicted octanol–water partition coefficient (Wildman–Crippen LogP) is 4.27. The van der Waals surface area contributed by atoms with Gasteiger partial charge in [0.15, 0.2) is 5.13 Å². The summed E-state index contributed by atoms with van der Waals surface area (Å²) in [4.78, 5) is 4.76. The highest BCUT2D eigenvalue weighted by Crippen LogP contribution is 2.24. The first-order valence-corrected chi connectivity index (χ1v) is 6.77. The van der Waals surface area contributed by atoms with E-state index in [-0.39, 0.29) is 0 Å². The van der Waals surface area contributed by atoms with Gasteiger partial charge in [0, 0.05) is 5.69 Å². The number of nitrogens with one attached hydrogen (secondary N) is 1. The number of anilines is 2. The maximum Gasteiger partial charge on any atom is 0.188 e. The lowest BCUT2D eigenvalue weighted by atomic mass is 9.99. The molecule has 18 heavy (non-hydrogen) atoms. The molecule has 0 aliphatic heterocycles. The molecular formula is C14H15N3S. The molecule has 0 bridgehead atoms. The molecule has 0 amide bonds. The van der Waals surface area contributed by atoms with Gasteiger partial charge >= 0.3 is 0 Å². The molecule has 0 saturated heterocycles. The maximum atomic E-state index is 8.73. The van der Waals surface area contributed by atoms with Gasteiger partial charge in [-0.3, -0.25) is 0 Å². The minimum Gasteiger partial charge on any atom is -0.332 e. The van der Waals surface area contributed by atoms with Crippen LogP contribution in [-0.2, 0) is 0 Å². The van der Waals surface area contributed by atoms with E-state index in [2.05, 4.69) is 54.5 Å². The first-order chi connectivity index (χ1) is 8.72. The molecule has 0 aliphatic carbocycles. The van der Waals surface area contributed by atoms with E-state index in [0.29, 0.717) is 10.8 Å². The van der Waals surface area contributed by atoms with Gasteiger partial charge in [0.25, 0.3) is 0 Å². The zero-order chi connectivity index (χ0) is 13.0. The Hall–Kier alpha value is -1.86. The van der Waals surface area contributed by atoms with E-state index in [4.69, 9.17) is 5.26 Å². The van der Waals surface area contributed by atoms with Crippen LogP contribution in [0.15, 0.2) is 30.5 Å². The third-order valence-electron chi connectivity index (χ3n) is 2.96. The standard InChI is InChI=1S/C14H15N3S/c1-3-10(2)11-4-6-12(7-5-11)17-14-16-9-13(8-15)18-14/h4-7,9-10H,3H2,1-2H3,(H,16,17). The molecule has 0 fully saturated rings. The lowest BCUT2D eigenvalue weighted by Crippen LogP contribution is -1.93. The monoisotopic (exact) mass is 257 g/mol. The molecule has 2 rings (SSSR count). The fraction of sp³-hybridized carbons (Fsp3) is 0.286. The molecule has 0 radical (unpaired) electrons. The predicted molar refractivity (Wildman–Crippen MR) is 75.3 cm³/mol. The minimum absolute atomic E-state index is 0.587. The summed E-state index contributed by atoms with van der Waals surface area (Å²) in [5.74, 6) is 0.587. The number of aromatic nitrogens is 1. The van der Waals surface area contributed by atoms with E-state index >= 15 is 0 Å². The van der Waals surface area contributed by atoms with Crippen LogP contribution in [0.2, 0.25) is 0 Å². The topological polar surface area (TPSA) is 48.7 Å². The van der Waals surface area contributed by atoms with Crippen LogP contribution in [0.4, 0.5) is 10.8 Å². The lowest BCUT2D eigenvalue weighted by Gasteiger charge is -2.09. The van der Waals surface area contributed by atoms with Crippen molar-refractivity contribution in [2.45, 2.75) is 26.2 Å². The van der Waals surface area contributed by atoms with Crippen molar-refractivity contribution in [3.8, 4) is 6.07 Å². The van der Waals surface area contributed by atoms with Gasteiger partial charge in [-0.05, 0) is 30.0 Å². The van der Waals surface area contributed by atoms with Crippen molar-refractivity contribution >= 4 is 22.2 Å². The highest BCUT2D eigenvalue weighted by molar-refractivity contribution is 7.16. The first kappa shape index (κ1) is 12.6. The van der Waals surface area contributed by atoms with Crippen LogP contribution in [-0.4, -0.2) is 4.98 Å². The summed E-state index contributed by atoms with van der Waals surface area (Å²) in [6.45, 7) is 4.41. The van der Waals surface area contributed by atoms with Gasteiger partial charge in [-0.15, -0.1) is 0 Å². The molecule has 1 aromatic carbocycles. The average Bonchev–Trinajstić information content (AvgIpc) is 2.86. The minimum atomic E-state index is 0.587. The largest absolute Gasteiger partial charge is 0.332 e. The molecular weight excluding hydrogens is 242 g/mol. The molecule has 4 heteroatoms. The highest BCUT2D eigenvalue weighted by atomic mass is 32.1. The van der Waals surface area contributed by atoms with Crippen LogP contribution in [0.1, 0.15) is 36.6 Å². The third-order valence-corrected chi connectivity index (χ3v) is 3.78. The second-order valence-corrected chi connectivity index (χ2v) is 5.23. The molecule has 1 atom stereocenters. The lowest BCUT2D eigenvalue weighted by molar-refractivity contribution is 0.734. The normalized spacial score (nSPS) is 11.8. The Morgan fingerprint density at radius 1 is 1.39 bits per heavy atom. The maximum absolute atomic E-state index is 8.73. The molecule has 0 spiro atoms. The average molecular weight is 257 g/mol. The van der Waals surface area contributed by atoms with Gasteiger partial charge in [-0.25, -0.2) is 4.98 Å². The van der Waals surface area contributed by atoms with Crippen LogP contribution < -0.4 is 5.32 Å². The Labute approximate surface area is 111 Å². The smallest absolute Gasteiger partial charge is 0.188 e. The number of hydrogen-bond donors (Lipinski definition) is 1. The summed E-state index contributed by atoms with van der Waals surface area (Å²) < 4.78 is 0. The quantitative estimate of drug-likeness (QED) is 0.889. The van der Waals surface area contributed by atoms with Crippen LogP contribution >= 0.6 is 11.3 Å². The van der Waals surface area contributed by atoms with Gasteiger partial charge in [-0.2, -0.15) is 5.26 Å². The zero-order valence-electron chi connectivity index (χ0n) is 10.5. The van der Waals surface area contributed by atoms with E-state index in [0.717, 1.165) is 17.2 Å². The Balaban J connectivity index is 2.08. The van der Waals surface area contributed by atoms with Gasteiger partial charge in [0.2, 0.25) is 0 Å². The number of nitrogens with zero attached hydrogens (tertiary/aromatic N) is 2. The number of benzene rings is 1. The van der Waals surface area contributed by atoms with Crippen LogP contribution in [0.3, 0.4) is 0 Å². The molecule has 1 unspecified atom stereocenters. The van der Waals surface area contributed by atoms with Gasteiger partial charge in [-0.1, -0.05) is 37.3 Å². The molecule has 1 heterocycles. The summed E-state index contributed by atoms with van der Waals surface area (Å²) in [6, 6.07) is 10.5. The summed E-state index contributed by atoms with van der Waals surface area (Å²) in [5, 5.41) is 12.7. The van der Waals surface area contributed by atoms with Crippen molar-refractivity contribution in [3.63, 3.8) is 0 Å². The molecule has 1 aromatic heterocycles. The fourth-order valence-corrected chi connectivity index (χ4v) is 2.27. The SMILES string of the molecule is CCC(C)c1ccc(Nc2ncc(C#N)s2)cc1. The van der Waals surface area contributed by atoms with Crippen LogP contribution in [0.25, 0.3) is 0 Å². The van der Waals surface area contributed by atoms with E-state index in [1.807, 2.05) is 0 Å². The van der Waals surface area contributed by atoms with Crippen molar-refractivity contribution in [3.05, 3.63) is 40.9 Å². The first-order valence-electron chi connectivity index (χ1n) is 5.96. The Morgan fingerprint density at radius 2 is 2.11 bits per heavy atom. The summed E-state index contributed by atoms with van der Waals surface area (Å²) in [5.41, 5.74) is 2.35. The third kappa shape index (κ3) is 2.88. The number of thiazole rings is 1. The van der Waals surface area contributed by atoms with Gasteiger partial charge in [0.05, 0.1) is 6.20 Å². The van der Waals surface area contributed by atoms with E-state index < -0.39 is 0 Å². The summed E-state index contributed by atoms with van der Waals surface area (Å²) in [7, 11) is 0. The molecule has 0 saturated carbocycles. The van der Waals surface area contributed by atoms with Crippen molar-refractivity contribution in [2.24, 2.45) is 0 Å². The van der Waals surface area contributed by atoms with Crippen LogP contribution in [0, 0.1) is 11.3 Å². The van der Waals surface area contributed by atoms with Gasteiger partial charge < -0.3 is 5.32 Å². The molecule has 0 aliphatic rings. The molecule has 1 N–H and O–H groups in total. The Kier molecular flexibility index (Phi) is 3.96. The van der Waals surface area contributed by atoms with Crippen molar-refractivity contribution < 1.29 is 0 Å². The Morgan fingerprint density at radius 3 is 2.67 bits per heavy atom. The van der Waals surface area contributed by atoms with E-state index in [9.17, 15) is 0 Å². The Bertz CT molecular complexity index is 551. The number of hydrogen-bond acceptors (Lipinski definition) is 4. The number of rotatable bonds is 4. The van der Waals surface area contributed by atoms with Crippen molar-refractivity contribution in [2.75, 3.05) is 5.32 Å². The summed E-state index contributed by atoms with van der Waals surface area (Å²) >= 11 is 1.36. The highest BCUT2D eigenvalue weighted by Gasteiger charge is 2.04.